The number of fused-ring (bicyclic) bond motifs is 1. The molecule has 1 aliphatic heterocycles. The number of ether oxygens (including phenoxy) is 1. The van der Waals surface area contributed by atoms with E-state index < -0.39 is 5.97 Å². The lowest BCUT2D eigenvalue weighted by molar-refractivity contribution is 0.0598. The topological polar surface area (TPSA) is 60.3 Å². The van der Waals surface area contributed by atoms with Gasteiger partial charge in [0.1, 0.15) is 5.69 Å². The molecule has 3 rings (SSSR count). The molecule has 1 aromatic carbocycles. The Bertz CT molecular complexity index is 798. The number of benzene rings is 1. The van der Waals surface area contributed by atoms with Gasteiger partial charge in [0.25, 0.3) is 5.56 Å². The summed E-state index contributed by atoms with van der Waals surface area (Å²) in [4.78, 5) is 24.6. The zero-order chi connectivity index (χ0) is 15.7. The molecule has 0 bridgehead atoms. The largest absolute Gasteiger partial charge is 0.465 e. The van der Waals surface area contributed by atoms with Crippen molar-refractivity contribution < 1.29 is 9.53 Å². The van der Waals surface area contributed by atoms with E-state index in [1.165, 1.54) is 7.11 Å². The maximum absolute atomic E-state index is 12.6. The molecule has 0 unspecified atom stereocenters. The van der Waals surface area contributed by atoms with Crippen LogP contribution >= 0.6 is 15.9 Å². The fourth-order valence-electron chi connectivity index (χ4n) is 2.70. The molecule has 1 N–H and O–H groups in total. The van der Waals surface area contributed by atoms with Gasteiger partial charge in [-0.3, -0.25) is 4.79 Å². The summed E-state index contributed by atoms with van der Waals surface area (Å²) in [6.45, 7) is 0.629. The highest BCUT2D eigenvalue weighted by atomic mass is 79.9. The van der Waals surface area contributed by atoms with E-state index in [0.717, 1.165) is 28.7 Å². The fraction of sp³-hybridized carbons (Fsp3) is 0.250. The number of nitrogens with zero attached hydrogens (tertiary/aromatic N) is 1. The molecule has 0 atom stereocenters. The van der Waals surface area contributed by atoms with Crippen LogP contribution in [-0.2, 0) is 17.7 Å². The van der Waals surface area contributed by atoms with Crippen LogP contribution in [0.5, 0.6) is 0 Å². The molecule has 114 valence electrons. The van der Waals surface area contributed by atoms with Gasteiger partial charge in [-0.05, 0) is 47.0 Å². The Balaban J connectivity index is 2.11. The van der Waals surface area contributed by atoms with Crippen molar-refractivity contribution in [1.29, 1.82) is 0 Å². The predicted molar refractivity (Wildman–Crippen MR) is 87.8 cm³/mol. The first-order valence-corrected chi connectivity index (χ1v) is 7.77. The van der Waals surface area contributed by atoms with Gasteiger partial charge >= 0.3 is 5.97 Å². The second-order valence-corrected chi connectivity index (χ2v) is 5.93. The minimum absolute atomic E-state index is 0.115. The third-order valence-corrected chi connectivity index (χ3v) is 4.44. The number of anilines is 2. The second-order valence-electron chi connectivity index (χ2n) is 5.08. The first-order chi connectivity index (χ1) is 10.6. The van der Waals surface area contributed by atoms with Crippen molar-refractivity contribution in [2.24, 2.45) is 0 Å². The normalized spacial score (nSPS) is 12.8. The van der Waals surface area contributed by atoms with Crippen molar-refractivity contribution >= 4 is 33.3 Å². The molecule has 22 heavy (non-hydrogen) atoms. The highest BCUT2D eigenvalue weighted by Gasteiger charge is 2.23. The Hall–Kier alpha value is -2.08. The van der Waals surface area contributed by atoms with Crippen molar-refractivity contribution in [3.05, 3.63) is 56.4 Å². The molecule has 0 saturated heterocycles. The van der Waals surface area contributed by atoms with E-state index in [1.54, 1.807) is 10.6 Å². The SMILES string of the molecule is COC(=O)c1cc(Nc2ccccc2Br)c(=O)n2c1CCC2. The lowest BCUT2D eigenvalue weighted by Gasteiger charge is -2.13. The average Bonchev–Trinajstić information content (AvgIpc) is 3.01. The van der Waals surface area contributed by atoms with Gasteiger partial charge in [0.05, 0.1) is 18.4 Å². The number of carbonyl (C=O) groups excluding carboxylic acids is 1. The first kappa shape index (κ1) is 14.8. The lowest BCUT2D eigenvalue weighted by Crippen LogP contribution is -2.25. The number of para-hydroxylation sites is 1. The molecule has 1 aliphatic rings. The molecular weight excluding hydrogens is 348 g/mol. The van der Waals surface area contributed by atoms with Crippen molar-refractivity contribution in [2.75, 3.05) is 12.4 Å². The van der Waals surface area contributed by atoms with Gasteiger partial charge in [-0.15, -0.1) is 0 Å². The molecule has 0 saturated carbocycles. The summed E-state index contributed by atoms with van der Waals surface area (Å²) < 4.78 is 7.34. The molecule has 5 nitrogen and oxygen atoms in total. The van der Waals surface area contributed by atoms with Gasteiger partial charge in [0, 0.05) is 16.7 Å². The van der Waals surface area contributed by atoms with E-state index in [9.17, 15) is 9.59 Å². The van der Waals surface area contributed by atoms with Crippen LogP contribution in [0.1, 0.15) is 22.5 Å². The summed E-state index contributed by atoms with van der Waals surface area (Å²) in [6.07, 6.45) is 1.58. The monoisotopic (exact) mass is 362 g/mol. The van der Waals surface area contributed by atoms with Crippen molar-refractivity contribution in [3.8, 4) is 0 Å². The summed E-state index contributed by atoms with van der Waals surface area (Å²) in [5, 5.41) is 3.10. The summed E-state index contributed by atoms with van der Waals surface area (Å²) in [7, 11) is 1.35. The van der Waals surface area contributed by atoms with Gasteiger partial charge in [-0.1, -0.05) is 12.1 Å². The van der Waals surface area contributed by atoms with E-state index in [2.05, 4.69) is 21.2 Å². The first-order valence-electron chi connectivity index (χ1n) is 6.98. The zero-order valence-electron chi connectivity index (χ0n) is 12.1. The highest BCUT2D eigenvalue weighted by molar-refractivity contribution is 9.10. The molecule has 0 fully saturated rings. The van der Waals surface area contributed by atoms with E-state index >= 15 is 0 Å². The minimum Gasteiger partial charge on any atom is -0.465 e. The van der Waals surface area contributed by atoms with Gasteiger partial charge in [0.2, 0.25) is 0 Å². The Morgan fingerprint density at radius 3 is 2.82 bits per heavy atom. The molecular formula is C16H15BrN2O3. The lowest BCUT2D eigenvalue weighted by atomic mass is 10.1. The van der Waals surface area contributed by atoms with Crippen molar-refractivity contribution in [3.63, 3.8) is 0 Å². The van der Waals surface area contributed by atoms with Crippen LogP contribution in [0.15, 0.2) is 39.6 Å². The fourth-order valence-corrected chi connectivity index (χ4v) is 3.08. The number of carbonyl (C=O) groups is 1. The van der Waals surface area contributed by atoms with E-state index in [-0.39, 0.29) is 5.56 Å². The Kier molecular flexibility index (Phi) is 4.02. The van der Waals surface area contributed by atoms with Crippen LogP contribution in [0.3, 0.4) is 0 Å². The smallest absolute Gasteiger partial charge is 0.339 e. The number of pyridine rings is 1. The maximum atomic E-state index is 12.6. The Morgan fingerprint density at radius 2 is 2.09 bits per heavy atom. The number of aromatic nitrogens is 1. The van der Waals surface area contributed by atoms with E-state index in [4.69, 9.17) is 4.74 Å². The van der Waals surface area contributed by atoms with E-state index in [1.807, 2.05) is 24.3 Å². The standard InChI is InChI=1S/C16H15BrN2O3/c1-22-16(21)10-9-13(15(20)19-8-4-7-14(10)19)18-12-6-3-2-5-11(12)17/h2-3,5-6,9,18H,4,7-8H2,1H3. The maximum Gasteiger partial charge on any atom is 0.339 e. The number of hydrogen-bond acceptors (Lipinski definition) is 4. The molecule has 0 aliphatic carbocycles. The predicted octanol–water partition coefficient (Wildman–Crippen LogP) is 3.09. The van der Waals surface area contributed by atoms with Gasteiger partial charge in [-0.2, -0.15) is 0 Å². The number of halogens is 1. The minimum atomic E-state index is -0.416. The summed E-state index contributed by atoms with van der Waals surface area (Å²) in [5.74, 6) is -0.416. The highest BCUT2D eigenvalue weighted by Crippen LogP contribution is 2.26. The number of nitrogens with one attached hydrogen (secondary N) is 1. The third kappa shape index (κ3) is 2.54. The second kappa shape index (κ2) is 5.96. The molecule has 0 radical (unpaired) electrons. The van der Waals surface area contributed by atoms with Gasteiger partial charge < -0.3 is 14.6 Å². The van der Waals surface area contributed by atoms with Gasteiger partial charge in [0.15, 0.2) is 0 Å². The number of methoxy groups -OCH3 is 1. The zero-order valence-corrected chi connectivity index (χ0v) is 13.6. The molecule has 6 heteroatoms. The average molecular weight is 363 g/mol. The van der Waals surface area contributed by atoms with Crippen molar-refractivity contribution in [1.82, 2.24) is 4.57 Å². The number of hydrogen-bond donors (Lipinski definition) is 1. The summed E-state index contributed by atoms with van der Waals surface area (Å²) in [6, 6.07) is 9.10. The van der Waals surface area contributed by atoms with E-state index in [0.29, 0.717) is 17.8 Å². The Labute approximate surface area is 136 Å². The van der Waals surface area contributed by atoms with Crippen LogP contribution in [0.2, 0.25) is 0 Å². The molecule has 0 spiro atoms. The summed E-state index contributed by atoms with van der Waals surface area (Å²) >= 11 is 3.44. The molecule has 2 aromatic rings. The summed E-state index contributed by atoms with van der Waals surface area (Å²) in [5.41, 5.74) is 2.24. The van der Waals surface area contributed by atoms with Gasteiger partial charge in [-0.25, -0.2) is 4.79 Å². The van der Waals surface area contributed by atoms with Crippen molar-refractivity contribution in [2.45, 2.75) is 19.4 Å². The van der Waals surface area contributed by atoms with Crippen LogP contribution < -0.4 is 10.9 Å². The Morgan fingerprint density at radius 1 is 1.32 bits per heavy atom. The number of rotatable bonds is 3. The van der Waals surface area contributed by atoms with Crippen LogP contribution in [0, 0.1) is 0 Å². The van der Waals surface area contributed by atoms with Crippen LogP contribution in [0.25, 0.3) is 0 Å². The molecule has 1 aromatic heterocycles. The third-order valence-electron chi connectivity index (χ3n) is 3.74. The molecule has 2 heterocycles. The van der Waals surface area contributed by atoms with Crippen LogP contribution in [0.4, 0.5) is 11.4 Å². The quantitative estimate of drug-likeness (QED) is 0.852. The number of esters is 1. The molecule has 0 amide bonds. The van der Waals surface area contributed by atoms with Crippen LogP contribution in [-0.4, -0.2) is 17.6 Å².